The van der Waals surface area contributed by atoms with Gasteiger partial charge in [-0.15, -0.1) is 11.3 Å². The molecule has 0 aliphatic carbocycles. The number of nitrogens with zero attached hydrogens (tertiary/aromatic N) is 1. The quantitative estimate of drug-likeness (QED) is 0.242. The normalized spacial score (nSPS) is 11.8. The summed E-state index contributed by atoms with van der Waals surface area (Å²) in [6.07, 6.45) is 0. The number of hydrogen-bond acceptors (Lipinski definition) is 1. The van der Waals surface area contributed by atoms with Crippen LogP contribution in [0.5, 0.6) is 0 Å². The average molecular weight is 460 g/mol. The lowest BCUT2D eigenvalue weighted by Crippen LogP contribution is -1.92. The average Bonchev–Trinajstić information content (AvgIpc) is 3.39. The molecule has 7 rings (SSSR count). The molecule has 33 heavy (non-hydrogen) atoms. The summed E-state index contributed by atoms with van der Waals surface area (Å²) in [6.45, 7) is 0. The molecule has 0 saturated carbocycles. The fourth-order valence-corrected chi connectivity index (χ4v) is 6.53. The zero-order valence-electron chi connectivity index (χ0n) is 17.6. The molecule has 2 heterocycles. The highest BCUT2D eigenvalue weighted by atomic mass is 35.5. The van der Waals surface area contributed by atoms with Crippen molar-refractivity contribution in [3.63, 3.8) is 0 Å². The molecule has 0 aliphatic rings. The van der Waals surface area contributed by atoms with Crippen LogP contribution in [0.4, 0.5) is 0 Å². The van der Waals surface area contributed by atoms with Crippen LogP contribution in [-0.4, -0.2) is 4.57 Å². The predicted octanol–water partition coefficient (Wildman–Crippen LogP) is 9.47. The third-order valence-electron chi connectivity index (χ3n) is 6.46. The van der Waals surface area contributed by atoms with E-state index in [1.165, 1.54) is 58.8 Å². The molecule has 0 spiro atoms. The SMILES string of the molecule is Clc1ccc2c(c1)sc1cccc(-c3cccc4c3c3ccccc3n4-c3ccccc3)c12. The van der Waals surface area contributed by atoms with E-state index < -0.39 is 0 Å². The largest absolute Gasteiger partial charge is 0.309 e. The van der Waals surface area contributed by atoms with Crippen molar-refractivity contribution in [3.8, 4) is 16.8 Å². The maximum Gasteiger partial charge on any atom is 0.0547 e. The molecular weight excluding hydrogens is 442 g/mol. The molecule has 0 saturated heterocycles. The molecule has 2 aromatic heterocycles. The fraction of sp³-hybridized carbons (Fsp3) is 0. The first-order valence-corrected chi connectivity index (χ1v) is 12.2. The standard InChI is InChI=1S/C30H18ClNS/c31-19-16-17-24-28(18-19)33-27-15-7-12-22(30(24)27)21-11-6-14-26-29(21)23-10-4-5-13-25(23)32(26)20-8-2-1-3-9-20/h1-18H. The molecule has 5 aromatic carbocycles. The minimum atomic E-state index is 0.781. The van der Waals surface area contributed by atoms with E-state index in [1.54, 1.807) is 11.3 Å². The zero-order valence-corrected chi connectivity index (χ0v) is 19.2. The molecule has 0 atom stereocenters. The van der Waals surface area contributed by atoms with Crippen LogP contribution < -0.4 is 0 Å². The fourth-order valence-electron chi connectivity index (χ4n) is 5.12. The summed E-state index contributed by atoms with van der Waals surface area (Å²) >= 11 is 8.12. The lowest BCUT2D eigenvalue weighted by molar-refractivity contribution is 1.18. The second-order valence-electron chi connectivity index (χ2n) is 8.31. The van der Waals surface area contributed by atoms with Crippen LogP contribution in [0.1, 0.15) is 0 Å². The Morgan fingerprint density at radius 1 is 0.545 bits per heavy atom. The Kier molecular flexibility index (Phi) is 4.14. The van der Waals surface area contributed by atoms with E-state index in [0.29, 0.717) is 0 Å². The Balaban J connectivity index is 1.64. The molecule has 3 heteroatoms. The topological polar surface area (TPSA) is 4.93 Å². The van der Waals surface area contributed by atoms with Crippen LogP contribution in [0.2, 0.25) is 5.02 Å². The second-order valence-corrected chi connectivity index (χ2v) is 9.83. The lowest BCUT2D eigenvalue weighted by Gasteiger charge is -2.09. The summed E-state index contributed by atoms with van der Waals surface area (Å²) in [5.41, 5.74) is 6.15. The summed E-state index contributed by atoms with van der Waals surface area (Å²) in [5, 5.41) is 5.91. The molecule has 0 bridgehead atoms. The van der Waals surface area contributed by atoms with E-state index in [9.17, 15) is 0 Å². The van der Waals surface area contributed by atoms with Crippen LogP contribution in [-0.2, 0) is 0 Å². The number of fused-ring (bicyclic) bond motifs is 6. The third kappa shape index (κ3) is 2.78. The second kappa shape index (κ2) is 7.21. The van der Waals surface area contributed by atoms with E-state index in [0.717, 1.165) is 5.02 Å². The molecule has 1 nitrogen and oxygen atoms in total. The van der Waals surface area contributed by atoms with Crippen molar-refractivity contribution in [3.05, 3.63) is 114 Å². The Morgan fingerprint density at radius 3 is 2.15 bits per heavy atom. The number of aromatic nitrogens is 1. The van der Waals surface area contributed by atoms with Gasteiger partial charge < -0.3 is 4.57 Å². The summed E-state index contributed by atoms with van der Waals surface area (Å²) in [4.78, 5) is 0. The van der Waals surface area contributed by atoms with E-state index in [-0.39, 0.29) is 0 Å². The summed E-state index contributed by atoms with van der Waals surface area (Å²) in [5.74, 6) is 0. The maximum atomic E-state index is 6.31. The minimum absolute atomic E-state index is 0.781. The van der Waals surface area contributed by atoms with E-state index in [4.69, 9.17) is 11.6 Å². The number of rotatable bonds is 2. The van der Waals surface area contributed by atoms with Gasteiger partial charge >= 0.3 is 0 Å². The Labute approximate surface area is 200 Å². The number of para-hydroxylation sites is 2. The summed E-state index contributed by atoms with van der Waals surface area (Å²) in [7, 11) is 0. The summed E-state index contributed by atoms with van der Waals surface area (Å²) < 4.78 is 4.89. The highest BCUT2D eigenvalue weighted by molar-refractivity contribution is 7.26. The van der Waals surface area contributed by atoms with Crippen LogP contribution in [0.25, 0.3) is 58.8 Å². The van der Waals surface area contributed by atoms with E-state index in [1.807, 2.05) is 6.07 Å². The smallest absolute Gasteiger partial charge is 0.0547 e. The van der Waals surface area contributed by atoms with Crippen molar-refractivity contribution in [2.24, 2.45) is 0 Å². The van der Waals surface area contributed by atoms with Crippen molar-refractivity contribution in [1.29, 1.82) is 0 Å². The Morgan fingerprint density at radius 2 is 1.27 bits per heavy atom. The van der Waals surface area contributed by atoms with Crippen molar-refractivity contribution in [2.75, 3.05) is 0 Å². The highest BCUT2D eigenvalue weighted by Gasteiger charge is 2.18. The van der Waals surface area contributed by atoms with Gasteiger partial charge in [0.05, 0.1) is 11.0 Å². The summed E-state index contributed by atoms with van der Waals surface area (Å²) in [6, 6.07) is 38.9. The van der Waals surface area contributed by atoms with Crippen LogP contribution in [0.15, 0.2) is 109 Å². The van der Waals surface area contributed by atoms with Crippen molar-refractivity contribution >= 4 is 64.9 Å². The van der Waals surface area contributed by atoms with Gasteiger partial charge in [-0.3, -0.25) is 0 Å². The van der Waals surface area contributed by atoms with Crippen molar-refractivity contribution in [1.82, 2.24) is 4.57 Å². The molecule has 7 aromatic rings. The number of benzene rings is 5. The maximum absolute atomic E-state index is 6.31. The van der Waals surface area contributed by atoms with Crippen molar-refractivity contribution in [2.45, 2.75) is 0 Å². The first kappa shape index (κ1) is 18.9. The Hall–Kier alpha value is -3.59. The van der Waals surface area contributed by atoms with Gasteiger partial charge in [0, 0.05) is 41.7 Å². The van der Waals surface area contributed by atoms with Gasteiger partial charge in [0.15, 0.2) is 0 Å². The molecule has 0 aliphatic heterocycles. The van der Waals surface area contributed by atoms with Gasteiger partial charge in [0.1, 0.15) is 0 Å². The monoisotopic (exact) mass is 459 g/mol. The first-order chi connectivity index (χ1) is 16.3. The molecule has 0 amide bonds. The molecular formula is C30H18ClNS. The lowest BCUT2D eigenvalue weighted by atomic mass is 9.95. The van der Waals surface area contributed by atoms with Gasteiger partial charge in [-0.25, -0.2) is 0 Å². The first-order valence-electron chi connectivity index (χ1n) is 11.0. The van der Waals surface area contributed by atoms with Gasteiger partial charge in [-0.05, 0) is 53.6 Å². The predicted molar refractivity (Wildman–Crippen MR) is 144 cm³/mol. The van der Waals surface area contributed by atoms with Crippen LogP contribution in [0.3, 0.4) is 0 Å². The Bertz CT molecular complexity index is 1830. The van der Waals surface area contributed by atoms with Crippen LogP contribution >= 0.6 is 22.9 Å². The molecule has 0 radical (unpaired) electrons. The van der Waals surface area contributed by atoms with E-state index in [2.05, 4.69) is 108 Å². The molecule has 156 valence electrons. The van der Waals surface area contributed by atoms with Gasteiger partial charge in [-0.1, -0.05) is 78.3 Å². The molecule has 0 unspecified atom stereocenters. The van der Waals surface area contributed by atoms with Gasteiger partial charge in [0.2, 0.25) is 0 Å². The van der Waals surface area contributed by atoms with Crippen LogP contribution in [0, 0.1) is 0 Å². The van der Waals surface area contributed by atoms with E-state index >= 15 is 0 Å². The zero-order chi connectivity index (χ0) is 21.9. The van der Waals surface area contributed by atoms with Gasteiger partial charge in [-0.2, -0.15) is 0 Å². The highest BCUT2D eigenvalue weighted by Crippen LogP contribution is 2.44. The van der Waals surface area contributed by atoms with Crippen molar-refractivity contribution < 1.29 is 0 Å². The number of halogens is 1. The number of hydrogen-bond donors (Lipinski definition) is 0. The number of thiophene rings is 1. The minimum Gasteiger partial charge on any atom is -0.309 e. The third-order valence-corrected chi connectivity index (χ3v) is 7.81. The molecule has 0 fully saturated rings. The molecule has 0 N–H and O–H groups in total. The van der Waals surface area contributed by atoms with Gasteiger partial charge in [0.25, 0.3) is 0 Å².